The minimum atomic E-state index is -0.201. The standard InChI is InChI=1S/C19H25BrN2O2/c1-3-16-6-4-5-9-21(16)19(24)14-11-18(23)22(12-14)17-8-7-15(20)10-13(17)2/h7-8,10,14,16H,3-6,9,11-12H2,1-2H3. The highest BCUT2D eigenvalue weighted by Crippen LogP contribution is 2.32. The monoisotopic (exact) mass is 392 g/mol. The molecule has 0 radical (unpaired) electrons. The van der Waals surface area contributed by atoms with Crippen LogP contribution in [0.4, 0.5) is 5.69 Å². The Balaban J connectivity index is 1.75. The summed E-state index contributed by atoms with van der Waals surface area (Å²) in [4.78, 5) is 29.3. The van der Waals surface area contributed by atoms with E-state index in [1.807, 2.05) is 30.0 Å². The van der Waals surface area contributed by atoms with Crippen LogP contribution in [0.5, 0.6) is 0 Å². The molecule has 24 heavy (non-hydrogen) atoms. The SMILES string of the molecule is CCC1CCCCN1C(=O)C1CC(=O)N(c2ccc(Br)cc2C)C1. The van der Waals surface area contributed by atoms with Crippen LogP contribution in [0.3, 0.4) is 0 Å². The Morgan fingerprint density at radius 2 is 2.12 bits per heavy atom. The van der Waals surface area contributed by atoms with Gasteiger partial charge in [0.1, 0.15) is 0 Å². The van der Waals surface area contributed by atoms with Gasteiger partial charge in [0.05, 0.1) is 5.92 Å². The summed E-state index contributed by atoms with van der Waals surface area (Å²) in [6.45, 7) is 5.50. The van der Waals surface area contributed by atoms with E-state index < -0.39 is 0 Å². The first-order valence-corrected chi connectivity index (χ1v) is 9.67. The molecule has 3 rings (SSSR count). The number of hydrogen-bond donors (Lipinski definition) is 0. The topological polar surface area (TPSA) is 40.6 Å². The molecule has 2 heterocycles. The number of likely N-dealkylation sites (tertiary alicyclic amines) is 1. The Hall–Kier alpha value is -1.36. The fraction of sp³-hybridized carbons (Fsp3) is 0.579. The van der Waals surface area contributed by atoms with Gasteiger partial charge in [0.2, 0.25) is 11.8 Å². The molecule has 0 N–H and O–H groups in total. The number of nitrogens with zero attached hydrogens (tertiary/aromatic N) is 2. The lowest BCUT2D eigenvalue weighted by molar-refractivity contribution is -0.139. The first kappa shape index (κ1) is 17.5. The first-order valence-electron chi connectivity index (χ1n) is 8.88. The van der Waals surface area contributed by atoms with Crippen LogP contribution in [0.1, 0.15) is 44.6 Å². The summed E-state index contributed by atoms with van der Waals surface area (Å²) < 4.78 is 1.00. The highest BCUT2D eigenvalue weighted by molar-refractivity contribution is 9.10. The average Bonchev–Trinajstić information content (AvgIpc) is 2.96. The van der Waals surface area contributed by atoms with Gasteiger partial charge >= 0.3 is 0 Å². The molecular weight excluding hydrogens is 368 g/mol. The molecule has 0 saturated carbocycles. The van der Waals surface area contributed by atoms with E-state index >= 15 is 0 Å². The van der Waals surface area contributed by atoms with Crippen molar-refractivity contribution in [3.8, 4) is 0 Å². The molecule has 0 spiro atoms. The number of aryl methyl sites for hydroxylation is 1. The van der Waals surface area contributed by atoms with Gasteiger partial charge < -0.3 is 9.80 Å². The van der Waals surface area contributed by atoms with E-state index in [0.29, 0.717) is 19.0 Å². The Kier molecular flexibility index (Phi) is 5.28. The lowest BCUT2D eigenvalue weighted by atomic mass is 9.97. The summed E-state index contributed by atoms with van der Waals surface area (Å²) in [6.07, 6.45) is 4.72. The van der Waals surface area contributed by atoms with Gasteiger partial charge in [-0.1, -0.05) is 22.9 Å². The molecule has 2 aliphatic rings. The van der Waals surface area contributed by atoms with Gasteiger partial charge in [-0.25, -0.2) is 0 Å². The smallest absolute Gasteiger partial charge is 0.228 e. The van der Waals surface area contributed by atoms with Crippen LogP contribution in [0.2, 0.25) is 0 Å². The number of carbonyl (C=O) groups excluding carboxylic acids is 2. The summed E-state index contributed by atoms with van der Waals surface area (Å²) in [7, 11) is 0. The van der Waals surface area contributed by atoms with Gasteiger partial charge in [0.25, 0.3) is 0 Å². The van der Waals surface area contributed by atoms with E-state index in [1.165, 1.54) is 6.42 Å². The Bertz CT molecular complexity index is 646. The molecule has 130 valence electrons. The normalized spacial score (nSPS) is 24.5. The minimum absolute atomic E-state index is 0.0591. The van der Waals surface area contributed by atoms with Gasteiger partial charge in [-0.3, -0.25) is 9.59 Å². The third kappa shape index (κ3) is 3.37. The van der Waals surface area contributed by atoms with Crippen LogP contribution in [0, 0.1) is 12.8 Å². The lowest BCUT2D eigenvalue weighted by Crippen LogP contribution is -2.46. The van der Waals surface area contributed by atoms with Crippen molar-refractivity contribution < 1.29 is 9.59 Å². The predicted octanol–water partition coefficient (Wildman–Crippen LogP) is 3.90. The number of benzene rings is 1. The van der Waals surface area contributed by atoms with Crippen LogP contribution in [-0.4, -0.2) is 35.8 Å². The fourth-order valence-electron chi connectivity index (χ4n) is 3.98. The largest absolute Gasteiger partial charge is 0.339 e. The van der Waals surface area contributed by atoms with Crippen LogP contribution in [-0.2, 0) is 9.59 Å². The quantitative estimate of drug-likeness (QED) is 0.782. The highest BCUT2D eigenvalue weighted by atomic mass is 79.9. The van der Waals surface area contributed by atoms with E-state index in [0.717, 1.165) is 41.5 Å². The fourth-order valence-corrected chi connectivity index (χ4v) is 4.45. The molecular formula is C19H25BrN2O2. The van der Waals surface area contributed by atoms with E-state index in [2.05, 4.69) is 22.9 Å². The van der Waals surface area contributed by atoms with E-state index in [9.17, 15) is 9.59 Å². The predicted molar refractivity (Wildman–Crippen MR) is 99.0 cm³/mol. The number of anilines is 1. The van der Waals surface area contributed by atoms with Gasteiger partial charge in [-0.2, -0.15) is 0 Å². The first-order chi connectivity index (χ1) is 11.5. The Morgan fingerprint density at radius 1 is 1.33 bits per heavy atom. The molecule has 2 unspecified atom stereocenters. The molecule has 4 nitrogen and oxygen atoms in total. The van der Waals surface area contributed by atoms with Crippen molar-refractivity contribution in [2.24, 2.45) is 5.92 Å². The number of piperidine rings is 1. The van der Waals surface area contributed by atoms with Crippen molar-refractivity contribution in [1.29, 1.82) is 0 Å². The van der Waals surface area contributed by atoms with Crippen molar-refractivity contribution in [1.82, 2.24) is 4.90 Å². The van der Waals surface area contributed by atoms with Gasteiger partial charge in [-0.05, 0) is 56.4 Å². The number of hydrogen-bond acceptors (Lipinski definition) is 2. The zero-order chi connectivity index (χ0) is 17.3. The second-order valence-corrected chi connectivity index (χ2v) is 7.84. The third-order valence-electron chi connectivity index (χ3n) is 5.31. The van der Waals surface area contributed by atoms with Crippen molar-refractivity contribution in [2.45, 2.75) is 52.0 Å². The van der Waals surface area contributed by atoms with Crippen LogP contribution >= 0.6 is 15.9 Å². The maximum absolute atomic E-state index is 13.0. The summed E-state index contributed by atoms with van der Waals surface area (Å²) in [5.41, 5.74) is 1.97. The number of carbonyl (C=O) groups is 2. The average molecular weight is 393 g/mol. The summed E-state index contributed by atoms with van der Waals surface area (Å²) in [6, 6.07) is 6.27. The van der Waals surface area contributed by atoms with Crippen LogP contribution in [0.25, 0.3) is 0 Å². The molecule has 2 aliphatic heterocycles. The molecule has 2 saturated heterocycles. The molecule has 2 amide bonds. The number of amides is 2. The zero-order valence-corrected chi connectivity index (χ0v) is 16.0. The highest BCUT2D eigenvalue weighted by Gasteiger charge is 2.39. The van der Waals surface area contributed by atoms with Gasteiger partial charge in [0, 0.05) is 35.7 Å². The second-order valence-electron chi connectivity index (χ2n) is 6.93. The summed E-state index contributed by atoms with van der Waals surface area (Å²) >= 11 is 3.46. The zero-order valence-electron chi connectivity index (χ0n) is 14.4. The Labute approximate surface area is 152 Å². The van der Waals surface area contributed by atoms with Gasteiger partial charge in [-0.15, -0.1) is 0 Å². The van der Waals surface area contributed by atoms with E-state index in [1.54, 1.807) is 4.90 Å². The maximum atomic E-state index is 13.0. The van der Waals surface area contributed by atoms with Crippen LogP contribution in [0.15, 0.2) is 22.7 Å². The van der Waals surface area contributed by atoms with E-state index in [4.69, 9.17) is 0 Å². The maximum Gasteiger partial charge on any atom is 0.228 e. The van der Waals surface area contributed by atoms with Gasteiger partial charge in [0.15, 0.2) is 0 Å². The molecule has 2 atom stereocenters. The van der Waals surface area contributed by atoms with Crippen LogP contribution < -0.4 is 4.90 Å². The molecule has 1 aromatic carbocycles. The molecule has 5 heteroatoms. The van der Waals surface area contributed by atoms with Crippen molar-refractivity contribution in [3.05, 3.63) is 28.2 Å². The molecule has 1 aromatic rings. The summed E-state index contributed by atoms with van der Waals surface area (Å²) in [5.74, 6) is 0.0312. The molecule has 0 bridgehead atoms. The third-order valence-corrected chi connectivity index (χ3v) is 5.80. The molecule has 0 aromatic heterocycles. The lowest BCUT2D eigenvalue weighted by Gasteiger charge is -2.36. The van der Waals surface area contributed by atoms with Crippen molar-refractivity contribution in [2.75, 3.05) is 18.0 Å². The number of rotatable bonds is 3. The van der Waals surface area contributed by atoms with Crippen molar-refractivity contribution in [3.63, 3.8) is 0 Å². The molecule has 2 fully saturated rings. The van der Waals surface area contributed by atoms with Crippen molar-refractivity contribution >= 4 is 33.4 Å². The minimum Gasteiger partial charge on any atom is -0.339 e. The second kappa shape index (κ2) is 7.26. The summed E-state index contributed by atoms with van der Waals surface area (Å²) in [5, 5.41) is 0. The molecule has 0 aliphatic carbocycles. The Morgan fingerprint density at radius 3 is 2.83 bits per heavy atom. The number of halogens is 1. The van der Waals surface area contributed by atoms with E-state index in [-0.39, 0.29) is 17.7 Å².